The van der Waals surface area contributed by atoms with Gasteiger partial charge in [0.1, 0.15) is 12.6 Å². The number of aliphatic carboxylic acids is 1. The number of benzene rings is 2. The van der Waals surface area contributed by atoms with Gasteiger partial charge in [-0.15, -0.1) is 0 Å². The average Bonchev–Trinajstić information content (AvgIpc) is 3.33. The fourth-order valence-electron chi connectivity index (χ4n) is 3.12. The summed E-state index contributed by atoms with van der Waals surface area (Å²) < 4.78 is 16.1. The lowest BCUT2D eigenvalue weighted by Gasteiger charge is -2.18. The van der Waals surface area contributed by atoms with Crippen molar-refractivity contribution in [3.05, 3.63) is 70.2 Å². The molecule has 1 atom stereocenters. The van der Waals surface area contributed by atoms with Gasteiger partial charge < -0.3 is 29.4 Å². The van der Waals surface area contributed by atoms with Crippen LogP contribution >= 0.6 is 23.2 Å². The van der Waals surface area contributed by atoms with E-state index in [0.29, 0.717) is 21.4 Å². The number of carboxylic acids is 2. The summed E-state index contributed by atoms with van der Waals surface area (Å²) in [5, 5.41) is 24.4. The number of halogens is 2. The Bertz CT molecular complexity index is 1250. The molecule has 1 aromatic heterocycles. The molecular formula is C24H23Cl2N3O8. The number of carboxylic acid groups (broad SMARTS) is 2. The van der Waals surface area contributed by atoms with Crippen molar-refractivity contribution in [3.63, 3.8) is 0 Å². The third-order valence-corrected chi connectivity index (χ3v) is 5.43. The molecule has 0 aliphatic carbocycles. The number of hydrogen-bond donors (Lipinski definition) is 4. The van der Waals surface area contributed by atoms with E-state index in [1.807, 2.05) is 0 Å². The number of hydrogen-bond acceptors (Lipinski definition) is 8. The number of nitrogens with zero attached hydrogens (tertiary/aromatic N) is 1. The van der Waals surface area contributed by atoms with E-state index in [-0.39, 0.29) is 43.5 Å². The number of para-hydroxylation sites is 1. The van der Waals surface area contributed by atoms with Gasteiger partial charge in [0, 0.05) is 10.6 Å². The molecule has 0 saturated carbocycles. The standard InChI is InChI=1S/C24H23Cl2N3O8/c25-14-5-6-17(26)16(9-14)20-10-28-21(37-20)11-27-19(12-35-7-8-36-13-22(30)31)23(32)29-18-4-2-1-3-15(18)24(33)34/h1-6,9-10,19,27H,7-8,11-13H2,(H,29,32)(H,30,31)(H,33,34). The second kappa shape index (κ2) is 13.7. The molecule has 0 aliphatic rings. The van der Waals surface area contributed by atoms with Crippen LogP contribution in [0.1, 0.15) is 16.2 Å². The third-order valence-electron chi connectivity index (χ3n) is 4.86. The number of carbonyl (C=O) groups is 3. The summed E-state index contributed by atoms with van der Waals surface area (Å²) in [5.74, 6) is -2.24. The van der Waals surface area contributed by atoms with Crippen LogP contribution in [-0.2, 0) is 25.6 Å². The number of rotatable bonds is 14. The summed E-state index contributed by atoms with van der Waals surface area (Å²) in [5.41, 5.74) is 0.594. The van der Waals surface area contributed by atoms with Crippen molar-refractivity contribution in [1.29, 1.82) is 0 Å². The molecule has 0 radical (unpaired) electrons. The molecule has 1 heterocycles. The van der Waals surface area contributed by atoms with Crippen molar-refractivity contribution in [1.82, 2.24) is 10.3 Å². The molecule has 11 nitrogen and oxygen atoms in total. The van der Waals surface area contributed by atoms with Crippen LogP contribution in [0.3, 0.4) is 0 Å². The smallest absolute Gasteiger partial charge is 0.337 e. The Labute approximate surface area is 221 Å². The summed E-state index contributed by atoms with van der Waals surface area (Å²) in [6, 6.07) is 9.93. The summed E-state index contributed by atoms with van der Waals surface area (Å²) in [6.45, 7) is -0.547. The molecule has 0 aliphatic heterocycles. The molecule has 0 bridgehead atoms. The summed E-state index contributed by atoms with van der Waals surface area (Å²) >= 11 is 12.3. The van der Waals surface area contributed by atoms with E-state index in [1.165, 1.54) is 18.3 Å². The Hall–Kier alpha value is -3.48. The minimum absolute atomic E-state index is 0.00593. The van der Waals surface area contributed by atoms with Crippen molar-refractivity contribution in [2.45, 2.75) is 12.6 Å². The Morgan fingerprint density at radius 2 is 1.81 bits per heavy atom. The van der Waals surface area contributed by atoms with Crippen LogP contribution in [0.5, 0.6) is 0 Å². The maximum absolute atomic E-state index is 13.0. The molecule has 4 N–H and O–H groups in total. The van der Waals surface area contributed by atoms with E-state index in [2.05, 4.69) is 15.6 Å². The van der Waals surface area contributed by atoms with Crippen LogP contribution in [0.25, 0.3) is 11.3 Å². The SMILES string of the molecule is O=C(O)COCCOCC(NCc1ncc(-c2cc(Cl)ccc2Cl)o1)C(=O)Nc1ccccc1C(=O)O. The first-order valence-electron chi connectivity index (χ1n) is 10.9. The van der Waals surface area contributed by atoms with Crippen LogP contribution in [0.4, 0.5) is 5.69 Å². The normalized spacial score (nSPS) is 11.7. The summed E-state index contributed by atoms with van der Waals surface area (Å²) in [6.07, 6.45) is 1.48. The van der Waals surface area contributed by atoms with Gasteiger partial charge in [0.15, 0.2) is 5.76 Å². The highest BCUT2D eigenvalue weighted by Gasteiger charge is 2.22. The Morgan fingerprint density at radius 3 is 2.57 bits per heavy atom. The first-order chi connectivity index (χ1) is 17.7. The van der Waals surface area contributed by atoms with Gasteiger partial charge in [0.2, 0.25) is 11.8 Å². The molecular weight excluding hydrogens is 529 g/mol. The molecule has 0 saturated heterocycles. The predicted molar refractivity (Wildman–Crippen MR) is 134 cm³/mol. The lowest BCUT2D eigenvalue weighted by atomic mass is 10.1. The van der Waals surface area contributed by atoms with Crippen molar-refractivity contribution in [2.75, 3.05) is 31.7 Å². The molecule has 37 heavy (non-hydrogen) atoms. The van der Waals surface area contributed by atoms with Gasteiger partial charge in [-0.25, -0.2) is 14.6 Å². The highest BCUT2D eigenvalue weighted by molar-refractivity contribution is 6.35. The van der Waals surface area contributed by atoms with Crippen LogP contribution < -0.4 is 10.6 Å². The van der Waals surface area contributed by atoms with E-state index in [0.717, 1.165) is 0 Å². The maximum atomic E-state index is 13.0. The molecule has 0 spiro atoms. The lowest BCUT2D eigenvalue weighted by Crippen LogP contribution is -2.44. The molecule has 196 valence electrons. The van der Waals surface area contributed by atoms with Crippen LogP contribution in [0.2, 0.25) is 10.0 Å². The number of nitrogens with one attached hydrogen (secondary N) is 2. The van der Waals surface area contributed by atoms with Gasteiger partial charge in [-0.1, -0.05) is 35.3 Å². The maximum Gasteiger partial charge on any atom is 0.337 e. The highest BCUT2D eigenvalue weighted by Crippen LogP contribution is 2.31. The van der Waals surface area contributed by atoms with Crippen LogP contribution in [-0.4, -0.2) is 65.5 Å². The second-order valence-corrected chi connectivity index (χ2v) is 8.38. The zero-order chi connectivity index (χ0) is 26.8. The van der Waals surface area contributed by atoms with E-state index in [9.17, 15) is 19.5 Å². The van der Waals surface area contributed by atoms with Gasteiger partial charge >= 0.3 is 11.9 Å². The van der Waals surface area contributed by atoms with Gasteiger partial charge in [0.25, 0.3) is 0 Å². The van der Waals surface area contributed by atoms with Crippen LogP contribution in [0.15, 0.2) is 53.1 Å². The van der Waals surface area contributed by atoms with Crippen molar-refractivity contribution in [3.8, 4) is 11.3 Å². The zero-order valence-electron chi connectivity index (χ0n) is 19.3. The minimum Gasteiger partial charge on any atom is -0.480 e. The zero-order valence-corrected chi connectivity index (χ0v) is 20.8. The van der Waals surface area contributed by atoms with Crippen LogP contribution in [0, 0.1) is 0 Å². The largest absolute Gasteiger partial charge is 0.480 e. The van der Waals surface area contributed by atoms with Gasteiger partial charge in [0.05, 0.1) is 48.8 Å². The van der Waals surface area contributed by atoms with E-state index >= 15 is 0 Å². The molecule has 1 amide bonds. The fourth-order valence-corrected chi connectivity index (χ4v) is 3.50. The number of carbonyl (C=O) groups excluding carboxylic acids is 1. The Morgan fingerprint density at radius 1 is 1.05 bits per heavy atom. The molecule has 3 aromatic rings. The molecule has 2 aromatic carbocycles. The number of amides is 1. The van der Waals surface area contributed by atoms with Crippen molar-refractivity contribution >= 4 is 46.7 Å². The monoisotopic (exact) mass is 551 g/mol. The number of aromatic nitrogens is 1. The molecule has 0 fully saturated rings. The fraction of sp³-hybridized carbons (Fsp3) is 0.250. The highest BCUT2D eigenvalue weighted by atomic mass is 35.5. The first-order valence-corrected chi connectivity index (χ1v) is 11.6. The number of oxazole rings is 1. The summed E-state index contributed by atoms with van der Waals surface area (Å²) in [4.78, 5) is 39.2. The molecule has 13 heteroatoms. The van der Waals surface area contributed by atoms with Gasteiger partial charge in [-0.3, -0.25) is 10.1 Å². The molecule has 1 unspecified atom stereocenters. The van der Waals surface area contributed by atoms with E-state index in [4.69, 9.17) is 42.2 Å². The van der Waals surface area contributed by atoms with Crippen molar-refractivity contribution < 1.29 is 38.5 Å². The lowest BCUT2D eigenvalue weighted by molar-refractivity contribution is -0.142. The number of anilines is 1. The number of ether oxygens (including phenoxy) is 2. The molecule has 3 rings (SSSR count). The Balaban J connectivity index is 1.67. The minimum atomic E-state index is -1.20. The predicted octanol–water partition coefficient (Wildman–Crippen LogP) is 3.56. The van der Waals surface area contributed by atoms with Gasteiger partial charge in [-0.05, 0) is 30.3 Å². The van der Waals surface area contributed by atoms with E-state index in [1.54, 1.807) is 30.3 Å². The first kappa shape index (κ1) is 28.1. The topological polar surface area (TPSA) is 160 Å². The number of aromatic carboxylic acids is 1. The van der Waals surface area contributed by atoms with Crippen molar-refractivity contribution in [2.24, 2.45) is 0 Å². The Kier molecular flexibility index (Phi) is 10.4. The third kappa shape index (κ3) is 8.55. The summed E-state index contributed by atoms with van der Waals surface area (Å²) in [7, 11) is 0. The van der Waals surface area contributed by atoms with Gasteiger partial charge in [-0.2, -0.15) is 0 Å². The van der Waals surface area contributed by atoms with E-state index < -0.39 is 30.5 Å². The second-order valence-electron chi connectivity index (χ2n) is 7.54. The quantitative estimate of drug-likeness (QED) is 0.218. The average molecular weight is 552 g/mol.